The minimum absolute atomic E-state index is 0.127. The Morgan fingerprint density at radius 3 is 2.68 bits per heavy atom. The van der Waals surface area contributed by atoms with Crippen molar-refractivity contribution in [2.45, 2.75) is 19.2 Å². The van der Waals surface area contributed by atoms with Crippen LogP contribution in [0.3, 0.4) is 0 Å². The highest BCUT2D eigenvalue weighted by atomic mass is 35.5. The third kappa shape index (κ3) is 3.79. The topological polar surface area (TPSA) is 68.0 Å². The number of aryl methyl sites for hydroxylation is 1. The minimum Gasteiger partial charge on any atom is -0.352 e. The molecular weight excluding hydrogens is 266 g/mol. The number of nitrogens with one attached hydrogen (secondary N) is 1. The number of hydrogen-bond donors (Lipinski definition) is 1. The van der Waals surface area contributed by atoms with Crippen LogP contribution in [0.4, 0.5) is 0 Å². The van der Waals surface area contributed by atoms with Crippen LogP contribution in [0.15, 0.2) is 28.8 Å². The molecule has 1 heterocycles. The van der Waals surface area contributed by atoms with Crippen LogP contribution in [-0.4, -0.2) is 22.6 Å². The molecule has 0 aliphatic carbocycles. The van der Waals surface area contributed by atoms with E-state index < -0.39 is 0 Å². The van der Waals surface area contributed by atoms with Gasteiger partial charge < -0.3 is 9.84 Å². The van der Waals surface area contributed by atoms with E-state index >= 15 is 0 Å². The average Bonchev–Trinajstić information content (AvgIpc) is 2.84. The Balaban J connectivity index is 1.83. The summed E-state index contributed by atoms with van der Waals surface area (Å²) in [4.78, 5) is 15.9. The summed E-state index contributed by atoms with van der Waals surface area (Å²) in [6, 6.07) is 7.18. The van der Waals surface area contributed by atoms with E-state index in [-0.39, 0.29) is 5.91 Å². The first-order chi connectivity index (χ1) is 9.19. The van der Waals surface area contributed by atoms with Crippen molar-refractivity contribution in [2.24, 2.45) is 0 Å². The third-order valence-corrected chi connectivity index (χ3v) is 2.87. The van der Waals surface area contributed by atoms with Crippen molar-refractivity contribution >= 4 is 17.5 Å². The fraction of sp³-hybridized carbons (Fsp3) is 0.308. The fourth-order valence-corrected chi connectivity index (χ4v) is 1.75. The lowest BCUT2D eigenvalue weighted by molar-refractivity contribution is 0.0953. The normalized spacial score (nSPS) is 10.4. The van der Waals surface area contributed by atoms with Crippen LogP contribution >= 0.6 is 11.6 Å². The summed E-state index contributed by atoms with van der Waals surface area (Å²) in [5, 5.41) is 6.47. The van der Waals surface area contributed by atoms with Gasteiger partial charge in [0.25, 0.3) is 5.91 Å². The summed E-state index contributed by atoms with van der Waals surface area (Å²) < 4.78 is 4.96. The molecule has 0 aliphatic heterocycles. The maximum Gasteiger partial charge on any atom is 0.251 e. The van der Waals surface area contributed by atoms with Crippen LogP contribution in [-0.2, 0) is 12.3 Å². The molecule has 1 N–H and O–H groups in total. The first-order valence-electron chi connectivity index (χ1n) is 5.91. The first kappa shape index (κ1) is 13.5. The molecule has 0 bridgehead atoms. The molecule has 2 rings (SSSR count). The van der Waals surface area contributed by atoms with Crippen molar-refractivity contribution < 1.29 is 9.32 Å². The molecule has 0 spiro atoms. The number of alkyl halides is 1. The summed E-state index contributed by atoms with van der Waals surface area (Å²) in [6.07, 6.45) is 0.520. The van der Waals surface area contributed by atoms with E-state index in [1.54, 1.807) is 19.1 Å². The van der Waals surface area contributed by atoms with Gasteiger partial charge in [0.05, 0.1) is 0 Å². The molecule has 2 aromatic rings. The van der Waals surface area contributed by atoms with Crippen LogP contribution in [0.2, 0.25) is 0 Å². The maximum atomic E-state index is 11.8. The Hall–Kier alpha value is -1.88. The number of carbonyl (C=O) groups is 1. The summed E-state index contributed by atoms with van der Waals surface area (Å²) in [5.41, 5.74) is 1.59. The second-order valence-electron chi connectivity index (χ2n) is 4.07. The van der Waals surface area contributed by atoms with Crippen LogP contribution in [0.5, 0.6) is 0 Å². The number of carbonyl (C=O) groups excluding carboxylic acids is 1. The average molecular weight is 280 g/mol. The number of halogens is 1. The number of aromatic nitrogens is 2. The van der Waals surface area contributed by atoms with E-state index in [4.69, 9.17) is 16.1 Å². The lowest BCUT2D eigenvalue weighted by atomic mass is 10.1. The second kappa shape index (κ2) is 6.33. The molecule has 0 atom stereocenters. The summed E-state index contributed by atoms with van der Waals surface area (Å²) in [6.45, 7) is 2.21. The van der Waals surface area contributed by atoms with E-state index in [9.17, 15) is 4.79 Å². The molecule has 0 radical (unpaired) electrons. The third-order valence-electron chi connectivity index (χ3n) is 2.56. The first-order valence-corrected chi connectivity index (χ1v) is 6.45. The standard InChI is InChI=1S/C13H14ClN3O2/c1-9-16-12(19-17-9)6-7-15-13(18)11-4-2-10(8-14)3-5-11/h2-5H,6-8H2,1H3,(H,15,18). The predicted octanol–water partition coefficient (Wildman–Crippen LogP) is 2.09. The Kier molecular flexibility index (Phi) is 4.52. The van der Waals surface area contributed by atoms with Crippen molar-refractivity contribution in [3.8, 4) is 0 Å². The summed E-state index contributed by atoms with van der Waals surface area (Å²) in [5.74, 6) is 1.43. The van der Waals surface area contributed by atoms with Gasteiger partial charge in [0.15, 0.2) is 5.82 Å². The van der Waals surface area contributed by atoms with E-state index in [1.807, 2.05) is 12.1 Å². The van der Waals surface area contributed by atoms with Gasteiger partial charge in [-0.3, -0.25) is 4.79 Å². The molecule has 0 saturated heterocycles. The molecule has 0 unspecified atom stereocenters. The number of amides is 1. The summed E-state index contributed by atoms with van der Waals surface area (Å²) >= 11 is 5.69. The molecule has 0 fully saturated rings. The molecule has 100 valence electrons. The number of hydrogen-bond acceptors (Lipinski definition) is 4. The van der Waals surface area contributed by atoms with Gasteiger partial charge in [-0.15, -0.1) is 11.6 Å². The molecule has 0 saturated carbocycles. The molecular formula is C13H14ClN3O2. The van der Waals surface area contributed by atoms with Gasteiger partial charge in [-0.25, -0.2) is 0 Å². The Morgan fingerprint density at radius 2 is 2.11 bits per heavy atom. The Morgan fingerprint density at radius 1 is 1.37 bits per heavy atom. The van der Waals surface area contributed by atoms with E-state index in [0.717, 1.165) is 5.56 Å². The zero-order valence-corrected chi connectivity index (χ0v) is 11.3. The van der Waals surface area contributed by atoms with Gasteiger partial charge in [-0.1, -0.05) is 17.3 Å². The molecule has 1 aromatic carbocycles. The monoisotopic (exact) mass is 279 g/mol. The van der Waals surface area contributed by atoms with Gasteiger partial charge in [0.1, 0.15) is 0 Å². The van der Waals surface area contributed by atoms with E-state index in [0.29, 0.717) is 36.1 Å². The highest BCUT2D eigenvalue weighted by Gasteiger charge is 2.06. The molecule has 6 heteroatoms. The van der Waals surface area contributed by atoms with E-state index in [1.165, 1.54) is 0 Å². The SMILES string of the molecule is Cc1noc(CCNC(=O)c2ccc(CCl)cc2)n1. The van der Waals surface area contributed by atoms with Crippen molar-refractivity contribution in [1.29, 1.82) is 0 Å². The highest BCUT2D eigenvalue weighted by Crippen LogP contribution is 2.06. The van der Waals surface area contributed by atoms with Gasteiger partial charge in [0, 0.05) is 24.4 Å². The lowest BCUT2D eigenvalue weighted by Gasteiger charge is -2.04. The molecule has 0 aliphatic rings. The lowest BCUT2D eigenvalue weighted by Crippen LogP contribution is -2.25. The second-order valence-corrected chi connectivity index (χ2v) is 4.34. The zero-order chi connectivity index (χ0) is 13.7. The van der Waals surface area contributed by atoms with Crippen LogP contribution in [0.25, 0.3) is 0 Å². The largest absolute Gasteiger partial charge is 0.352 e. The summed E-state index contributed by atoms with van der Waals surface area (Å²) in [7, 11) is 0. The van der Waals surface area contributed by atoms with Crippen molar-refractivity contribution in [2.75, 3.05) is 6.54 Å². The highest BCUT2D eigenvalue weighted by molar-refractivity contribution is 6.17. The van der Waals surface area contributed by atoms with Crippen LogP contribution in [0, 0.1) is 6.92 Å². The Labute approximate surface area is 116 Å². The zero-order valence-electron chi connectivity index (χ0n) is 10.5. The molecule has 1 aromatic heterocycles. The maximum absolute atomic E-state index is 11.8. The fourth-order valence-electron chi connectivity index (χ4n) is 1.57. The van der Waals surface area contributed by atoms with Gasteiger partial charge in [-0.05, 0) is 24.6 Å². The number of benzene rings is 1. The van der Waals surface area contributed by atoms with Crippen molar-refractivity contribution in [3.63, 3.8) is 0 Å². The number of rotatable bonds is 5. The smallest absolute Gasteiger partial charge is 0.251 e. The van der Waals surface area contributed by atoms with Gasteiger partial charge >= 0.3 is 0 Å². The Bertz CT molecular complexity index is 551. The van der Waals surface area contributed by atoms with Crippen molar-refractivity contribution in [1.82, 2.24) is 15.5 Å². The molecule has 1 amide bonds. The van der Waals surface area contributed by atoms with Gasteiger partial charge in [0.2, 0.25) is 5.89 Å². The van der Waals surface area contributed by atoms with Crippen LogP contribution in [0.1, 0.15) is 27.6 Å². The number of nitrogens with zero attached hydrogens (tertiary/aromatic N) is 2. The quantitative estimate of drug-likeness (QED) is 0.851. The van der Waals surface area contributed by atoms with E-state index in [2.05, 4.69) is 15.5 Å². The molecule has 5 nitrogen and oxygen atoms in total. The molecule has 19 heavy (non-hydrogen) atoms. The minimum atomic E-state index is -0.127. The predicted molar refractivity (Wildman–Crippen MR) is 71.1 cm³/mol. The van der Waals surface area contributed by atoms with Crippen LogP contribution < -0.4 is 5.32 Å². The van der Waals surface area contributed by atoms with Gasteiger partial charge in [-0.2, -0.15) is 4.98 Å². The van der Waals surface area contributed by atoms with Crippen molar-refractivity contribution in [3.05, 3.63) is 47.1 Å².